The van der Waals surface area contributed by atoms with Gasteiger partial charge in [-0.05, 0) is 56.2 Å². The fourth-order valence-electron chi connectivity index (χ4n) is 4.02. The first-order valence-electron chi connectivity index (χ1n) is 13.4. The third kappa shape index (κ3) is 8.77. The van der Waals surface area contributed by atoms with Crippen molar-refractivity contribution in [3.05, 3.63) is 57.8 Å². The Bertz CT molecular complexity index is 1460. The van der Waals surface area contributed by atoms with Crippen LogP contribution in [0.15, 0.2) is 46.7 Å². The number of urea groups is 1. The topological polar surface area (TPSA) is 172 Å². The molecule has 15 heteroatoms. The van der Waals surface area contributed by atoms with Crippen molar-refractivity contribution in [2.24, 2.45) is 5.10 Å². The molecule has 0 fully saturated rings. The largest absolute Gasteiger partial charge is 0.493 e. The van der Waals surface area contributed by atoms with Gasteiger partial charge in [0.05, 0.1) is 50.3 Å². The van der Waals surface area contributed by atoms with Gasteiger partial charge in [-0.1, -0.05) is 17.7 Å². The second kappa shape index (κ2) is 16.0. The number of hydrogen-bond acceptors (Lipinski definition) is 11. The predicted molar refractivity (Wildman–Crippen MR) is 158 cm³/mol. The van der Waals surface area contributed by atoms with Gasteiger partial charge in [-0.3, -0.25) is 4.79 Å². The second-order valence-electron chi connectivity index (χ2n) is 8.91. The Morgan fingerprint density at radius 2 is 1.77 bits per heavy atom. The van der Waals surface area contributed by atoms with Crippen LogP contribution in [-0.4, -0.2) is 70.7 Å². The summed E-state index contributed by atoms with van der Waals surface area (Å²) in [4.78, 5) is 48.6. The summed E-state index contributed by atoms with van der Waals surface area (Å²) in [6.45, 7) is 4.77. The predicted octanol–water partition coefficient (Wildman–Crippen LogP) is 3.02. The number of benzene rings is 2. The summed E-state index contributed by atoms with van der Waals surface area (Å²) in [6.07, 6.45) is 1.34. The van der Waals surface area contributed by atoms with E-state index in [0.29, 0.717) is 23.4 Å². The molecular weight excluding hydrogens is 600 g/mol. The van der Waals surface area contributed by atoms with E-state index < -0.39 is 36.5 Å². The normalized spacial score (nSPS) is 14.3. The molecule has 0 bridgehead atoms. The summed E-state index contributed by atoms with van der Waals surface area (Å²) in [5.74, 6) is -0.782. The number of allylic oxidation sites excluding steroid dienone is 1. The van der Waals surface area contributed by atoms with Crippen molar-refractivity contribution < 1.29 is 47.6 Å². The molecule has 44 heavy (non-hydrogen) atoms. The van der Waals surface area contributed by atoms with Gasteiger partial charge in [-0.15, -0.1) is 0 Å². The zero-order chi connectivity index (χ0) is 32.2. The number of hydrogen-bond donors (Lipinski definition) is 3. The highest BCUT2D eigenvalue weighted by Crippen LogP contribution is 2.37. The maximum Gasteiger partial charge on any atom is 0.343 e. The van der Waals surface area contributed by atoms with E-state index in [0.717, 1.165) is 0 Å². The molecule has 2 aromatic rings. The summed E-state index contributed by atoms with van der Waals surface area (Å²) >= 11 is 6.31. The van der Waals surface area contributed by atoms with E-state index in [1.54, 1.807) is 45.0 Å². The molecule has 14 nitrogen and oxygen atoms in total. The number of ether oxygens (including phenoxy) is 6. The quantitative estimate of drug-likeness (QED) is 0.160. The van der Waals surface area contributed by atoms with Crippen LogP contribution in [0.1, 0.15) is 37.9 Å². The Morgan fingerprint density at radius 3 is 2.45 bits per heavy atom. The minimum absolute atomic E-state index is 0.163. The number of esters is 2. The average molecular weight is 633 g/mol. The Hall–Kier alpha value is -4.98. The Balaban J connectivity index is 1.67. The average Bonchev–Trinajstić information content (AvgIpc) is 2.99. The summed E-state index contributed by atoms with van der Waals surface area (Å²) in [5, 5.41) is 9.38. The zero-order valence-electron chi connectivity index (χ0n) is 24.8. The maximum absolute atomic E-state index is 12.6. The first kappa shape index (κ1) is 33.5. The lowest BCUT2D eigenvalue weighted by molar-refractivity contribution is -0.143. The lowest BCUT2D eigenvalue weighted by atomic mass is 9.95. The minimum Gasteiger partial charge on any atom is -0.493 e. The SMILES string of the molecule is CCOC(=O)C1=C(C)NC(=O)N[C@@H]1c1ccc(OCC(=O)N/N=C\c2cc(Cl)c(OCC(=O)OC)c(OCC)c2)c(OC)c1. The number of methoxy groups -OCH3 is 2. The van der Waals surface area contributed by atoms with E-state index in [1.807, 2.05) is 0 Å². The van der Waals surface area contributed by atoms with E-state index in [-0.39, 0.29) is 46.8 Å². The zero-order valence-corrected chi connectivity index (χ0v) is 25.5. The van der Waals surface area contributed by atoms with Crippen LogP contribution in [0.2, 0.25) is 5.02 Å². The molecule has 1 atom stereocenters. The number of carbonyl (C=O) groups excluding carboxylic acids is 4. The molecule has 0 aromatic heterocycles. The Labute approximate surface area is 258 Å². The summed E-state index contributed by atoms with van der Waals surface area (Å²) in [5.41, 5.74) is 3.99. The molecule has 1 aliphatic heterocycles. The van der Waals surface area contributed by atoms with Crippen LogP contribution in [-0.2, 0) is 23.9 Å². The van der Waals surface area contributed by atoms with Gasteiger partial charge in [0.25, 0.3) is 5.91 Å². The van der Waals surface area contributed by atoms with Gasteiger partial charge < -0.3 is 39.1 Å². The highest BCUT2D eigenvalue weighted by molar-refractivity contribution is 6.32. The molecular formula is C29H33ClN4O10. The van der Waals surface area contributed by atoms with Crippen LogP contribution in [0.5, 0.6) is 23.0 Å². The first-order chi connectivity index (χ1) is 21.1. The number of rotatable bonds is 14. The molecule has 0 radical (unpaired) electrons. The van der Waals surface area contributed by atoms with Crippen molar-refractivity contribution in [3.8, 4) is 23.0 Å². The van der Waals surface area contributed by atoms with Crippen molar-refractivity contribution >= 4 is 41.7 Å². The number of nitrogens with zero attached hydrogens (tertiary/aromatic N) is 1. The molecule has 1 heterocycles. The minimum atomic E-state index is -0.798. The van der Waals surface area contributed by atoms with Crippen LogP contribution in [0.3, 0.4) is 0 Å². The van der Waals surface area contributed by atoms with Crippen molar-refractivity contribution in [2.75, 3.05) is 40.6 Å². The Morgan fingerprint density at radius 1 is 1.00 bits per heavy atom. The van der Waals surface area contributed by atoms with E-state index in [1.165, 1.54) is 26.5 Å². The Kier molecular flexibility index (Phi) is 12.2. The lowest BCUT2D eigenvalue weighted by Crippen LogP contribution is -2.45. The number of halogens is 1. The van der Waals surface area contributed by atoms with Crippen LogP contribution in [0.4, 0.5) is 4.79 Å². The number of carbonyl (C=O) groups is 4. The molecule has 3 N–H and O–H groups in total. The van der Waals surface area contributed by atoms with E-state index in [2.05, 4.69) is 25.9 Å². The van der Waals surface area contributed by atoms with Crippen molar-refractivity contribution in [1.82, 2.24) is 16.1 Å². The van der Waals surface area contributed by atoms with Gasteiger partial charge >= 0.3 is 18.0 Å². The highest BCUT2D eigenvalue weighted by Gasteiger charge is 2.32. The summed E-state index contributed by atoms with van der Waals surface area (Å²) < 4.78 is 31.8. The van der Waals surface area contributed by atoms with Gasteiger partial charge in [0.2, 0.25) is 0 Å². The van der Waals surface area contributed by atoms with E-state index in [4.69, 9.17) is 35.3 Å². The van der Waals surface area contributed by atoms with Crippen LogP contribution in [0, 0.1) is 0 Å². The van der Waals surface area contributed by atoms with Gasteiger partial charge in [0.1, 0.15) is 0 Å². The van der Waals surface area contributed by atoms with Crippen LogP contribution >= 0.6 is 11.6 Å². The van der Waals surface area contributed by atoms with Crippen molar-refractivity contribution in [3.63, 3.8) is 0 Å². The van der Waals surface area contributed by atoms with Gasteiger partial charge in [-0.2, -0.15) is 5.10 Å². The molecule has 1 aliphatic rings. The highest BCUT2D eigenvalue weighted by atomic mass is 35.5. The number of nitrogens with one attached hydrogen (secondary N) is 3. The molecule has 0 unspecified atom stereocenters. The van der Waals surface area contributed by atoms with Crippen molar-refractivity contribution in [2.45, 2.75) is 26.8 Å². The van der Waals surface area contributed by atoms with E-state index >= 15 is 0 Å². The standard InChI is InChI=1S/C29H33ClN4O10/c1-6-41-22-11-17(10-19(30)27(22)44-15-24(36)40-5)13-31-34-23(35)14-43-20-9-8-18(12-21(20)39-4)26-25(28(37)42-7-2)16(3)32-29(38)33-26/h8-13,26H,6-7,14-15H2,1-5H3,(H,34,35)(H2,32,33,38)/b31-13-/t26-/m1/s1. The fraction of sp³-hybridized carbons (Fsp3) is 0.345. The molecule has 0 saturated carbocycles. The summed E-state index contributed by atoms with van der Waals surface area (Å²) in [7, 11) is 2.65. The molecule has 236 valence electrons. The smallest absolute Gasteiger partial charge is 0.343 e. The lowest BCUT2D eigenvalue weighted by Gasteiger charge is -2.28. The molecule has 3 rings (SSSR count). The maximum atomic E-state index is 12.6. The molecule has 0 aliphatic carbocycles. The number of hydrazone groups is 1. The molecule has 0 saturated heterocycles. The van der Waals surface area contributed by atoms with Crippen LogP contribution < -0.4 is 35.0 Å². The van der Waals surface area contributed by atoms with Crippen LogP contribution in [0.25, 0.3) is 0 Å². The number of amides is 3. The van der Waals surface area contributed by atoms with Gasteiger partial charge in [0, 0.05) is 5.70 Å². The monoisotopic (exact) mass is 632 g/mol. The van der Waals surface area contributed by atoms with Crippen molar-refractivity contribution in [1.29, 1.82) is 0 Å². The molecule has 2 aromatic carbocycles. The molecule has 3 amide bonds. The van der Waals surface area contributed by atoms with E-state index in [9.17, 15) is 19.2 Å². The third-order valence-electron chi connectivity index (χ3n) is 5.94. The third-order valence-corrected chi connectivity index (χ3v) is 6.22. The fourth-order valence-corrected chi connectivity index (χ4v) is 4.29. The molecule has 0 spiro atoms. The first-order valence-corrected chi connectivity index (χ1v) is 13.7. The van der Waals surface area contributed by atoms with Gasteiger partial charge in [0.15, 0.2) is 36.2 Å². The summed E-state index contributed by atoms with van der Waals surface area (Å²) in [6, 6.07) is 6.60. The second-order valence-corrected chi connectivity index (χ2v) is 9.32. The van der Waals surface area contributed by atoms with Gasteiger partial charge in [-0.25, -0.2) is 19.8 Å².